The van der Waals surface area contributed by atoms with Gasteiger partial charge in [0.2, 0.25) is 5.91 Å². The van der Waals surface area contributed by atoms with Gasteiger partial charge in [0.1, 0.15) is 11.7 Å². The van der Waals surface area contributed by atoms with Gasteiger partial charge in [0, 0.05) is 12.3 Å². The Morgan fingerprint density at radius 3 is 2.57 bits per heavy atom. The molecule has 0 fully saturated rings. The highest BCUT2D eigenvalue weighted by molar-refractivity contribution is 8.14. The summed E-state index contributed by atoms with van der Waals surface area (Å²) >= 11 is 1.05. The zero-order valence-corrected chi connectivity index (χ0v) is 16.9. The van der Waals surface area contributed by atoms with E-state index >= 15 is 0 Å². The summed E-state index contributed by atoms with van der Waals surface area (Å²) in [6.07, 6.45) is 0.678. The molecule has 1 aromatic carbocycles. The molecule has 2 rings (SSSR count). The minimum atomic E-state index is -0.838. The van der Waals surface area contributed by atoms with Crippen molar-refractivity contribution >= 4 is 40.4 Å². The van der Waals surface area contributed by atoms with Crippen molar-refractivity contribution in [2.75, 3.05) is 26.0 Å². The van der Waals surface area contributed by atoms with Crippen molar-refractivity contribution in [1.82, 2.24) is 5.32 Å². The van der Waals surface area contributed by atoms with Crippen LogP contribution in [-0.2, 0) is 20.7 Å². The Bertz CT molecular complexity index is 789. The quantitative estimate of drug-likeness (QED) is 0.665. The maximum atomic E-state index is 12.1. The van der Waals surface area contributed by atoms with Crippen LogP contribution >= 0.6 is 11.8 Å². The second-order valence-corrected chi connectivity index (χ2v) is 6.90. The van der Waals surface area contributed by atoms with Crippen LogP contribution in [0.15, 0.2) is 34.3 Å². The fourth-order valence-corrected chi connectivity index (χ4v) is 3.48. The number of urea groups is 1. The van der Waals surface area contributed by atoms with Gasteiger partial charge in [-0.1, -0.05) is 23.9 Å². The Morgan fingerprint density at radius 2 is 1.93 bits per heavy atom. The molecule has 1 aliphatic heterocycles. The molecule has 0 aliphatic carbocycles. The van der Waals surface area contributed by atoms with Crippen LogP contribution in [0.25, 0.3) is 0 Å². The monoisotopic (exact) mass is 405 g/mol. The number of benzene rings is 1. The lowest BCUT2D eigenvalue weighted by Gasteiger charge is -2.19. The van der Waals surface area contributed by atoms with Gasteiger partial charge >= 0.3 is 12.0 Å². The van der Waals surface area contributed by atoms with Crippen molar-refractivity contribution in [3.8, 4) is 5.75 Å². The molecule has 1 heterocycles. The van der Waals surface area contributed by atoms with Crippen LogP contribution in [0.4, 0.5) is 4.79 Å². The number of aliphatic imine (C=N–C) groups is 2. The lowest BCUT2D eigenvalue weighted by atomic mass is 10.1. The number of nitrogens with zero attached hydrogens (tertiary/aromatic N) is 2. The topological polar surface area (TPSA) is 106 Å². The number of hydrogen-bond donors (Lipinski definition) is 1. The van der Waals surface area contributed by atoms with Gasteiger partial charge < -0.3 is 14.8 Å². The largest absolute Gasteiger partial charge is 0.497 e. The first-order valence-corrected chi connectivity index (χ1v) is 9.80. The molecule has 0 aromatic heterocycles. The molecule has 1 unspecified atom stereocenters. The number of thioether (sulfide) groups is 1. The van der Waals surface area contributed by atoms with Crippen LogP contribution in [0.1, 0.15) is 19.4 Å². The van der Waals surface area contributed by atoms with Gasteiger partial charge in [-0.2, -0.15) is 9.98 Å². The Hall–Kier alpha value is -2.68. The molecule has 1 N–H and O–H groups in total. The zero-order chi connectivity index (χ0) is 20.5. The Morgan fingerprint density at radius 1 is 1.21 bits per heavy atom. The number of rotatable bonds is 8. The fraction of sp³-hybridized carbons (Fsp3) is 0.421. The third kappa shape index (κ3) is 6.19. The van der Waals surface area contributed by atoms with E-state index in [1.165, 1.54) is 0 Å². The average Bonchev–Trinajstić information content (AvgIpc) is 2.66. The molecule has 28 heavy (non-hydrogen) atoms. The fourth-order valence-electron chi connectivity index (χ4n) is 2.52. The molecule has 0 saturated carbocycles. The third-order valence-electron chi connectivity index (χ3n) is 3.91. The Kier molecular flexibility index (Phi) is 8.19. The molecule has 150 valence electrons. The number of methoxy groups -OCH3 is 1. The number of ether oxygens (including phenoxy) is 2. The van der Waals surface area contributed by atoms with Crippen molar-refractivity contribution in [2.45, 2.75) is 20.3 Å². The van der Waals surface area contributed by atoms with Crippen molar-refractivity contribution in [1.29, 1.82) is 0 Å². The van der Waals surface area contributed by atoms with Crippen molar-refractivity contribution < 1.29 is 23.9 Å². The van der Waals surface area contributed by atoms with E-state index in [2.05, 4.69) is 15.3 Å². The molecule has 0 bridgehead atoms. The van der Waals surface area contributed by atoms with E-state index in [-0.39, 0.29) is 23.3 Å². The molecule has 0 spiro atoms. The van der Waals surface area contributed by atoms with Crippen LogP contribution in [0, 0.1) is 5.92 Å². The third-order valence-corrected chi connectivity index (χ3v) is 4.94. The predicted octanol–water partition coefficient (Wildman–Crippen LogP) is 2.26. The maximum absolute atomic E-state index is 12.1. The number of esters is 1. The lowest BCUT2D eigenvalue weighted by Crippen LogP contribution is -2.35. The standard InChI is InChI=1S/C19H23N3O5S/c1-4-27-18(24)16-12(2)21-19(25)22-17(16)28-11-15(23)20-10-9-13-5-7-14(26-3)8-6-13/h5-8,16H,4,9-11H2,1-3H3,(H,20,23). The van der Waals surface area contributed by atoms with E-state index in [0.29, 0.717) is 18.7 Å². The molecule has 9 heteroatoms. The molecule has 3 amide bonds. The van der Waals surface area contributed by atoms with Crippen LogP contribution in [0.5, 0.6) is 5.75 Å². The second-order valence-electron chi connectivity index (χ2n) is 5.91. The minimum absolute atomic E-state index is 0.0396. The van der Waals surface area contributed by atoms with Gasteiger partial charge in [0.05, 0.1) is 24.5 Å². The summed E-state index contributed by atoms with van der Waals surface area (Å²) < 4.78 is 10.1. The van der Waals surface area contributed by atoms with Gasteiger partial charge in [0.15, 0.2) is 0 Å². The van der Waals surface area contributed by atoms with Gasteiger partial charge in [-0.15, -0.1) is 0 Å². The van der Waals surface area contributed by atoms with E-state index in [9.17, 15) is 14.4 Å². The van der Waals surface area contributed by atoms with Gasteiger partial charge in [-0.05, 0) is 38.0 Å². The summed E-state index contributed by atoms with van der Waals surface area (Å²) in [7, 11) is 1.61. The summed E-state index contributed by atoms with van der Waals surface area (Å²) in [6, 6.07) is 6.93. The highest BCUT2D eigenvalue weighted by Crippen LogP contribution is 2.21. The molecule has 1 atom stereocenters. The van der Waals surface area contributed by atoms with Crippen molar-refractivity contribution in [3.63, 3.8) is 0 Å². The predicted molar refractivity (Wildman–Crippen MR) is 108 cm³/mol. The maximum Gasteiger partial charge on any atom is 0.367 e. The number of hydrogen-bond acceptors (Lipinski definition) is 6. The molecule has 0 saturated heterocycles. The van der Waals surface area contributed by atoms with Crippen molar-refractivity contribution in [3.05, 3.63) is 29.8 Å². The van der Waals surface area contributed by atoms with Gasteiger partial charge in [-0.3, -0.25) is 9.59 Å². The van der Waals surface area contributed by atoms with Crippen LogP contribution in [-0.4, -0.2) is 54.7 Å². The number of carbonyl (C=O) groups is 3. The number of nitrogens with one attached hydrogen (secondary N) is 1. The van der Waals surface area contributed by atoms with Crippen LogP contribution in [0.3, 0.4) is 0 Å². The summed E-state index contributed by atoms with van der Waals surface area (Å²) in [5.74, 6) is -0.756. The van der Waals surface area contributed by atoms with E-state index in [4.69, 9.17) is 9.47 Å². The highest BCUT2D eigenvalue weighted by atomic mass is 32.2. The van der Waals surface area contributed by atoms with Gasteiger partial charge in [0.25, 0.3) is 0 Å². The number of amides is 3. The lowest BCUT2D eigenvalue weighted by molar-refractivity contribution is -0.143. The molecule has 8 nitrogen and oxygen atoms in total. The first-order chi connectivity index (χ1) is 13.4. The normalized spacial score (nSPS) is 16.1. The summed E-state index contributed by atoms with van der Waals surface area (Å²) in [6.45, 7) is 3.95. The Labute approximate surface area is 167 Å². The Balaban J connectivity index is 1.84. The van der Waals surface area contributed by atoms with E-state index in [1.807, 2.05) is 24.3 Å². The summed E-state index contributed by atoms with van der Waals surface area (Å²) in [5.41, 5.74) is 1.39. The first kappa shape index (κ1) is 21.6. The zero-order valence-electron chi connectivity index (χ0n) is 16.1. The highest BCUT2D eigenvalue weighted by Gasteiger charge is 2.33. The number of carbonyl (C=O) groups excluding carboxylic acids is 3. The van der Waals surface area contributed by atoms with Gasteiger partial charge in [-0.25, -0.2) is 4.79 Å². The average molecular weight is 405 g/mol. The molecular formula is C19H23N3O5S. The van der Waals surface area contributed by atoms with E-state index in [1.54, 1.807) is 21.0 Å². The second kappa shape index (κ2) is 10.6. The molecule has 1 aromatic rings. The van der Waals surface area contributed by atoms with E-state index < -0.39 is 17.9 Å². The minimum Gasteiger partial charge on any atom is -0.497 e. The summed E-state index contributed by atoms with van der Waals surface area (Å²) in [4.78, 5) is 43.3. The first-order valence-electron chi connectivity index (χ1n) is 8.81. The summed E-state index contributed by atoms with van der Waals surface area (Å²) in [5, 5.41) is 3.05. The van der Waals surface area contributed by atoms with E-state index in [0.717, 1.165) is 23.1 Å². The van der Waals surface area contributed by atoms with Crippen LogP contribution in [0.2, 0.25) is 0 Å². The van der Waals surface area contributed by atoms with Crippen LogP contribution < -0.4 is 10.1 Å². The molecule has 0 radical (unpaired) electrons. The molecule has 1 aliphatic rings. The smallest absolute Gasteiger partial charge is 0.367 e. The van der Waals surface area contributed by atoms with Crippen molar-refractivity contribution in [2.24, 2.45) is 15.9 Å². The SMILES string of the molecule is CCOC(=O)C1C(C)=NC(=O)N=C1SCC(=O)NCCc1ccc(OC)cc1. The molecular weight excluding hydrogens is 382 g/mol.